The highest BCUT2D eigenvalue weighted by Gasteiger charge is 2.18. The van der Waals surface area contributed by atoms with Crippen LogP contribution in [0.2, 0.25) is 0 Å². The molecule has 0 saturated carbocycles. The van der Waals surface area contributed by atoms with Crippen LogP contribution in [0.1, 0.15) is 5.56 Å². The van der Waals surface area contributed by atoms with Crippen molar-refractivity contribution in [1.29, 1.82) is 5.41 Å². The Morgan fingerprint density at radius 1 is 1.41 bits per heavy atom. The van der Waals surface area contributed by atoms with Crippen LogP contribution in [0.4, 0.5) is 5.82 Å². The molecular weight excluding hydrogens is 246 g/mol. The Hall–Kier alpha value is -2.36. The van der Waals surface area contributed by atoms with Gasteiger partial charge in [0.15, 0.2) is 0 Å². The van der Waals surface area contributed by atoms with Gasteiger partial charge in [0.2, 0.25) is 0 Å². The molecule has 0 aromatic carbocycles. The molecule has 2 aromatic heterocycles. The second-order valence-corrected chi connectivity index (χ2v) is 4.79. The van der Waals surface area contributed by atoms with Crippen molar-refractivity contribution < 1.29 is 8.42 Å². The number of rotatable bonds is 4. The summed E-state index contributed by atoms with van der Waals surface area (Å²) in [6.07, 6.45) is 3.65. The normalized spacial score (nSPS) is 11.3. The third-order valence-corrected chi connectivity index (χ3v) is 3.27. The molecule has 0 radical (unpaired) electrons. The quantitative estimate of drug-likeness (QED) is 0.358. The van der Waals surface area contributed by atoms with Gasteiger partial charge in [0.25, 0.3) is 10.0 Å². The molecule has 0 saturated heterocycles. The highest BCUT2D eigenvalue weighted by Crippen LogP contribution is 2.15. The van der Waals surface area contributed by atoms with Crippen LogP contribution in [0.15, 0.2) is 23.5 Å². The summed E-state index contributed by atoms with van der Waals surface area (Å²) >= 11 is 0. The number of nitrogen functional groups attached to an aromatic ring is 1. The smallest absolute Gasteiger partial charge is 0.266 e. The van der Waals surface area contributed by atoms with E-state index in [-0.39, 0.29) is 22.1 Å². The molecule has 0 amide bonds. The number of aromatic amines is 2. The van der Waals surface area contributed by atoms with Crippen molar-refractivity contribution in [3.63, 3.8) is 0 Å². The average Bonchev–Trinajstić information content (AvgIpc) is 2.85. The highest BCUT2D eigenvalue weighted by atomic mass is 32.2. The third-order valence-electron chi connectivity index (χ3n) is 1.95. The van der Waals surface area contributed by atoms with Gasteiger partial charge in [0.05, 0.1) is 18.0 Å². The Labute approximate surface area is 96.0 Å². The van der Waals surface area contributed by atoms with E-state index in [1.807, 2.05) is 0 Å². The van der Waals surface area contributed by atoms with E-state index in [0.717, 1.165) is 6.20 Å². The predicted molar refractivity (Wildman–Crippen MR) is 59.0 cm³/mol. The second kappa shape index (κ2) is 3.90. The van der Waals surface area contributed by atoms with E-state index < -0.39 is 10.0 Å². The maximum Gasteiger partial charge on any atom is 0.266 e. The largest absolute Gasteiger partial charge is 0.384 e. The monoisotopic (exact) mass is 255 g/mol. The summed E-state index contributed by atoms with van der Waals surface area (Å²) in [6, 6.07) is 0. The number of hydrogen-bond acceptors (Lipinski definition) is 5. The van der Waals surface area contributed by atoms with Gasteiger partial charge >= 0.3 is 0 Å². The number of nitrogens with two attached hydrogens (primary N) is 1. The van der Waals surface area contributed by atoms with Crippen LogP contribution in [-0.2, 0) is 10.0 Å². The topological polar surface area (TPSA) is 153 Å². The first-order valence-corrected chi connectivity index (χ1v) is 5.88. The first-order valence-electron chi connectivity index (χ1n) is 4.40. The summed E-state index contributed by atoms with van der Waals surface area (Å²) in [5.41, 5.74) is 5.44. The van der Waals surface area contributed by atoms with E-state index in [1.54, 1.807) is 0 Å². The van der Waals surface area contributed by atoms with Gasteiger partial charge in [-0.15, -0.1) is 0 Å². The van der Waals surface area contributed by atoms with E-state index in [9.17, 15) is 8.42 Å². The first-order chi connectivity index (χ1) is 8.00. The Bertz CT molecular complexity index is 627. The number of H-pyrrole nitrogens is 2. The number of amidine groups is 1. The fourth-order valence-electron chi connectivity index (χ4n) is 1.15. The molecule has 0 aliphatic heterocycles. The van der Waals surface area contributed by atoms with Gasteiger partial charge in [-0.2, -0.15) is 10.2 Å². The Morgan fingerprint density at radius 2 is 2.18 bits per heavy atom. The van der Waals surface area contributed by atoms with Gasteiger partial charge in [-0.05, 0) is 0 Å². The Kier molecular flexibility index (Phi) is 2.55. The molecule has 90 valence electrons. The summed E-state index contributed by atoms with van der Waals surface area (Å²) in [5.74, 6) is -0.248. The van der Waals surface area contributed by atoms with Crippen molar-refractivity contribution in [3.8, 4) is 0 Å². The van der Waals surface area contributed by atoms with Gasteiger partial charge in [0.1, 0.15) is 16.5 Å². The van der Waals surface area contributed by atoms with Crippen molar-refractivity contribution in [2.45, 2.75) is 4.90 Å². The van der Waals surface area contributed by atoms with E-state index >= 15 is 0 Å². The summed E-state index contributed by atoms with van der Waals surface area (Å²) in [4.78, 5) is -0.0263. The maximum atomic E-state index is 11.8. The van der Waals surface area contributed by atoms with Crippen molar-refractivity contribution in [3.05, 3.63) is 24.2 Å². The zero-order valence-electron chi connectivity index (χ0n) is 8.43. The molecule has 9 nitrogen and oxygen atoms in total. The average molecular weight is 255 g/mol. The van der Waals surface area contributed by atoms with Crippen LogP contribution in [0.3, 0.4) is 0 Å². The molecule has 0 spiro atoms. The molecule has 2 aromatic rings. The SMILES string of the molecule is N=C(N)c1cn[nH]c1NS(=O)(=O)c1cn[nH]c1. The molecule has 0 fully saturated rings. The number of nitrogens with one attached hydrogen (secondary N) is 4. The number of nitrogens with zero attached hydrogens (tertiary/aromatic N) is 2. The standard InChI is InChI=1S/C7H9N7O2S/c8-6(9)5-3-12-13-7(5)14-17(15,16)4-1-10-11-2-4/h1-3H,(H3,8,9)(H,10,11)(H2,12,13,14). The van der Waals surface area contributed by atoms with Gasteiger partial charge in [-0.1, -0.05) is 0 Å². The van der Waals surface area contributed by atoms with Crippen molar-refractivity contribution in [2.24, 2.45) is 5.73 Å². The van der Waals surface area contributed by atoms with E-state index in [0.29, 0.717) is 0 Å². The van der Waals surface area contributed by atoms with Gasteiger partial charge in [0, 0.05) is 6.20 Å². The van der Waals surface area contributed by atoms with Gasteiger partial charge in [-0.25, -0.2) is 8.42 Å². The Morgan fingerprint density at radius 3 is 2.76 bits per heavy atom. The van der Waals surface area contributed by atoms with Crippen molar-refractivity contribution >= 4 is 21.7 Å². The van der Waals surface area contributed by atoms with Crippen LogP contribution < -0.4 is 10.5 Å². The molecule has 17 heavy (non-hydrogen) atoms. The summed E-state index contributed by atoms with van der Waals surface area (Å²) < 4.78 is 25.8. The summed E-state index contributed by atoms with van der Waals surface area (Å²) in [5, 5.41) is 19.2. The minimum absolute atomic E-state index is 0.0263. The molecule has 0 aliphatic rings. The minimum Gasteiger partial charge on any atom is -0.384 e. The van der Waals surface area contributed by atoms with Crippen LogP contribution in [0, 0.1) is 5.41 Å². The molecule has 0 aliphatic carbocycles. The van der Waals surface area contributed by atoms with Crippen molar-refractivity contribution in [1.82, 2.24) is 20.4 Å². The molecular formula is C7H9N7O2S. The lowest BCUT2D eigenvalue weighted by Gasteiger charge is -2.05. The van der Waals surface area contributed by atoms with Crippen LogP contribution in [0.25, 0.3) is 0 Å². The van der Waals surface area contributed by atoms with Gasteiger partial charge < -0.3 is 5.73 Å². The fourth-order valence-corrected chi connectivity index (χ4v) is 2.09. The maximum absolute atomic E-state index is 11.8. The zero-order chi connectivity index (χ0) is 12.5. The van der Waals surface area contributed by atoms with E-state index in [2.05, 4.69) is 25.1 Å². The highest BCUT2D eigenvalue weighted by molar-refractivity contribution is 7.92. The van der Waals surface area contributed by atoms with E-state index in [1.165, 1.54) is 12.4 Å². The number of sulfonamides is 1. The lowest BCUT2D eigenvalue weighted by atomic mass is 10.3. The molecule has 2 heterocycles. The summed E-state index contributed by atoms with van der Waals surface area (Å²) in [7, 11) is -3.76. The molecule has 0 atom stereocenters. The van der Waals surface area contributed by atoms with Gasteiger partial charge in [-0.3, -0.25) is 20.3 Å². The van der Waals surface area contributed by atoms with Crippen molar-refractivity contribution in [2.75, 3.05) is 4.72 Å². The number of aromatic nitrogens is 4. The minimum atomic E-state index is -3.76. The second-order valence-electron chi connectivity index (χ2n) is 3.11. The first kappa shape index (κ1) is 11.1. The molecule has 0 unspecified atom stereocenters. The predicted octanol–water partition coefficient (Wildman–Crippen LogP) is -0.782. The summed E-state index contributed by atoms with van der Waals surface area (Å²) in [6.45, 7) is 0. The fraction of sp³-hybridized carbons (Fsp3) is 0. The molecule has 6 N–H and O–H groups in total. The molecule has 2 rings (SSSR count). The van der Waals surface area contributed by atoms with Crippen LogP contribution in [-0.4, -0.2) is 34.6 Å². The van der Waals surface area contributed by atoms with Crippen LogP contribution >= 0.6 is 0 Å². The lowest BCUT2D eigenvalue weighted by Crippen LogP contribution is -2.17. The number of hydrogen-bond donors (Lipinski definition) is 5. The van der Waals surface area contributed by atoms with Crippen LogP contribution in [0.5, 0.6) is 0 Å². The third kappa shape index (κ3) is 2.10. The number of anilines is 1. The lowest BCUT2D eigenvalue weighted by molar-refractivity contribution is 0.601. The van der Waals surface area contributed by atoms with E-state index in [4.69, 9.17) is 11.1 Å². The Balaban J connectivity index is 2.33. The molecule has 10 heteroatoms. The zero-order valence-corrected chi connectivity index (χ0v) is 9.25. The molecule has 0 bridgehead atoms.